The quantitative estimate of drug-likeness (QED) is 0.404. The number of anilines is 1. The zero-order valence-electron chi connectivity index (χ0n) is 24.9. The van der Waals surface area contributed by atoms with E-state index in [1.807, 2.05) is 21.0 Å². The number of methoxy groups -OCH3 is 1. The van der Waals surface area contributed by atoms with Crippen LogP contribution in [0, 0.1) is 11.7 Å². The van der Waals surface area contributed by atoms with E-state index < -0.39 is 16.1 Å². The first-order valence-corrected chi connectivity index (χ1v) is 15.8. The summed E-state index contributed by atoms with van der Waals surface area (Å²) in [5.74, 6) is -0.801. The van der Waals surface area contributed by atoms with Crippen molar-refractivity contribution in [1.82, 2.24) is 29.1 Å². The second-order valence-corrected chi connectivity index (χ2v) is 13.5. The van der Waals surface area contributed by atoms with Gasteiger partial charge in [0.1, 0.15) is 11.5 Å². The van der Waals surface area contributed by atoms with Gasteiger partial charge in [-0.2, -0.15) is 17.8 Å². The molecule has 5 rings (SSSR count). The second kappa shape index (κ2) is 11.9. The molecular formula is C29H40FN7O4S. The molecule has 2 saturated heterocycles. The van der Waals surface area contributed by atoms with E-state index >= 15 is 0 Å². The maximum Gasteiger partial charge on any atom is 0.303 e. The van der Waals surface area contributed by atoms with Crippen molar-refractivity contribution < 1.29 is 22.3 Å². The summed E-state index contributed by atoms with van der Waals surface area (Å²) in [6.45, 7) is 7.42. The summed E-state index contributed by atoms with van der Waals surface area (Å²) in [5, 5.41) is 9.11. The summed E-state index contributed by atoms with van der Waals surface area (Å²) in [7, 11) is 0.456. The minimum atomic E-state index is -4.04. The molecule has 11 nitrogen and oxygen atoms in total. The Morgan fingerprint density at radius 2 is 1.81 bits per heavy atom. The van der Waals surface area contributed by atoms with Gasteiger partial charge in [0.2, 0.25) is 0 Å². The lowest BCUT2D eigenvalue weighted by molar-refractivity contribution is -0.0858. The Bertz CT molecular complexity index is 1540. The van der Waals surface area contributed by atoms with Crippen molar-refractivity contribution in [2.24, 2.45) is 5.92 Å². The smallest absolute Gasteiger partial charge is 0.303 e. The van der Waals surface area contributed by atoms with Gasteiger partial charge >= 0.3 is 10.2 Å². The summed E-state index contributed by atoms with van der Waals surface area (Å²) < 4.78 is 49.6. The van der Waals surface area contributed by atoms with Crippen LogP contribution in [0.2, 0.25) is 0 Å². The average Bonchev–Trinajstić information content (AvgIpc) is 3.37. The molecule has 0 atom stereocenters. The molecule has 2 fully saturated rings. The van der Waals surface area contributed by atoms with Gasteiger partial charge in [-0.25, -0.2) is 18.8 Å². The molecule has 2 aliphatic heterocycles. The number of benzene rings is 1. The van der Waals surface area contributed by atoms with Crippen LogP contribution >= 0.6 is 0 Å². The summed E-state index contributed by atoms with van der Waals surface area (Å²) in [6, 6.07) is 7.56. The number of aromatic nitrogens is 3. The fourth-order valence-corrected chi connectivity index (χ4v) is 6.71. The SMILES string of the molecule is COC1(C2CCN(c3cc(C(=O)NS(=O)(=O)N(C)C)nc4c3c(C(C)C)nn4-c3ccc(F)cc3)CC2)CCNCC1. The Kier molecular flexibility index (Phi) is 8.57. The zero-order valence-corrected chi connectivity index (χ0v) is 25.7. The van der Waals surface area contributed by atoms with Crippen molar-refractivity contribution >= 4 is 32.8 Å². The van der Waals surface area contributed by atoms with Gasteiger partial charge in [0, 0.05) is 34.3 Å². The fraction of sp³-hybridized carbons (Fsp3) is 0.552. The molecule has 0 radical (unpaired) electrons. The van der Waals surface area contributed by atoms with Crippen molar-refractivity contribution in [2.45, 2.75) is 51.0 Å². The lowest BCUT2D eigenvalue weighted by Crippen LogP contribution is -2.52. The first kappa shape index (κ1) is 30.3. The van der Waals surface area contributed by atoms with Crippen LogP contribution < -0.4 is 14.9 Å². The van der Waals surface area contributed by atoms with E-state index in [9.17, 15) is 17.6 Å². The fourth-order valence-electron chi connectivity index (χ4n) is 6.19. The van der Waals surface area contributed by atoms with E-state index in [4.69, 9.17) is 9.84 Å². The zero-order chi connectivity index (χ0) is 30.2. The maximum atomic E-state index is 13.8. The molecule has 1 aromatic carbocycles. The molecule has 2 aliphatic rings. The molecule has 1 amide bonds. The highest BCUT2D eigenvalue weighted by molar-refractivity contribution is 7.87. The number of nitrogens with one attached hydrogen (secondary N) is 2. The van der Waals surface area contributed by atoms with Crippen LogP contribution in [-0.2, 0) is 14.9 Å². The molecule has 3 aromatic rings. The normalized spacial score (nSPS) is 18.2. The minimum Gasteiger partial charge on any atom is -0.378 e. The topological polar surface area (TPSA) is 122 Å². The molecule has 0 spiro atoms. The third-order valence-electron chi connectivity index (χ3n) is 8.63. The molecule has 0 bridgehead atoms. The Labute approximate surface area is 246 Å². The summed E-state index contributed by atoms with van der Waals surface area (Å²) in [6.07, 6.45) is 3.77. The van der Waals surface area contributed by atoms with Crippen molar-refractivity contribution in [3.8, 4) is 5.69 Å². The van der Waals surface area contributed by atoms with E-state index in [-0.39, 0.29) is 23.0 Å². The van der Waals surface area contributed by atoms with Gasteiger partial charge < -0.3 is 15.0 Å². The number of carbonyl (C=O) groups is 1. The third kappa shape index (κ3) is 5.75. The van der Waals surface area contributed by atoms with Crippen LogP contribution in [0.3, 0.4) is 0 Å². The lowest BCUT2D eigenvalue weighted by Gasteiger charge is -2.46. The van der Waals surface area contributed by atoms with Gasteiger partial charge in [0.05, 0.1) is 28.1 Å². The number of hydrogen-bond acceptors (Lipinski definition) is 8. The molecule has 4 heterocycles. The highest BCUT2D eigenvalue weighted by Crippen LogP contribution is 2.41. The van der Waals surface area contributed by atoms with E-state index in [0.717, 1.165) is 72.9 Å². The van der Waals surface area contributed by atoms with E-state index in [1.54, 1.807) is 22.9 Å². The van der Waals surface area contributed by atoms with Gasteiger partial charge in [-0.3, -0.25) is 4.79 Å². The lowest BCUT2D eigenvalue weighted by atomic mass is 9.74. The Morgan fingerprint density at radius 3 is 2.38 bits per heavy atom. The number of halogens is 1. The van der Waals surface area contributed by atoms with Gasteiger partial charge in [0.25, 0.3) is 5.91 Å². The molecule has 2 aromatic heterocycles. The summed E-state index contributed by atoms with van der Waals surface area (Å²) in [4.78, 5) is 20.2. The molecular weight excluding hydrogens is 561 g/mol. The Hall–Kier alpha value is -3.13. The number of amides is 1. The third-order valence-corrected chi connectivity index (χ3v) is 10.0. The Balaban J connectivity index is 1.60. The summed E-state index contributed by atoms with van der Waals surface area (Å²) >= 11 is 0. The number of fused-ring (bicyclic) bond motifs is 1. The number of ether oxygens (including phenoxy) is 1. The van der Waals surface area contributed by atoms with Crippen LogP contribution in [0.4, 0.5) is 10.1 Å². The van der Waals surface area contributed by atoms with Crippen LogP contribution in [0.5, 0.6) is 0 Å². The summed E-state index contributed by atoms with van der Waals surface area (Å²) in [5.41, 5.74) is 2.36. The predicted molar refractivity (Wildman–Crippen MR) is 160 cm³/mol. The van der Waals surface area contributed by atoms with E-state index in [0.29, 0.717) is 17.3 Å². The molecule has 0 unspecified atom stereocenters. The number of rotatable bonds is 8. The van der Waals surface area contributed by atoms with Crippen molar-refractivity contribution in [3.05, 3.63) is 47.5 Å². The monoisotopic (exact) mass is 601 g/mol. The van der Waals surface area contributed by atoms with Gasteiger partial charge in [-0.15, -0.1) is 0 Å². The standard InChI is InChI=1S/C29H40FN7O4S/c1-19(2)26-25-24(36-16-10-20(11-17-36)29(41-5)12-14-31-15-13-29)18-23(28(38)34-42(39,40)35(3)4)32-27(25)37(33-26)22-8-6-21(30)7-9-22/h6-9,18-20,31H,10-17H2,1-5H3,(H,34,38). The second-order valence-electron chi connectivity index (χ2n) is 11.7. The number of piperidine rings is 2. The molecule has 2 N–H and O–H groups in total. The number of hydrogen-bond donors (Lipinski definition) is 2. The van der Waals surface area contributed by atoms with Crippen LogP contribution in [0.25, 0.3) is 16.7 Å². The van der Waals surface area contributed by atoms with E-state index in [1.165, 1.54) is 26.2 Å². The van der Waals surface area contributed by atoms with Crippen molar-refractivity contribution in [1.29, 1.82) is 0 Å². The number of carbonyl (C=O) groups excluding carboxylic acids is 1. The highest BCUT2D eigenvalue weighted by atomic mass is 32.2. The largest absolute Gasteiger partial charge is 0.378 e. The van der Waals surface area contributed by atoms with Crippen LogP contribution in [-0.4, -0.2) is 86.4 Å². The molecule has 42 heavy (non-hydrogen) atoms. The van der Waals surface area contributed by atoms with Crippen LogP contribution in [0.15, 0.2) is 30.3 Å². The van der Waals surface area contributed by atoms with Crippen molar-refractivity contribution in [3.63, 3.8) is 0 Å². The first-order valence-electron chi connectivity index (χ1n) is 14.4. The molecule has 0 aliphatic carbocycles. The van der Waals surface area contributed by atoms with Gasteiger partial charge in [-0.1, -0.05) is 13.8 Å². The predicted octanol–water partition coefficient (Wildman–Crippen LogP) is 3.20. The van der Waals surface area contributed by atoms with Crippen LogP contribution in [0.1, 0.15) is 61.6 Å². The molecule has 228 valence electrons. The molecule has 13 heteroatoms. The van der Waals surface area contributed by atoms with E-state index in [2.05, 4.69) is 19.9 Å². The minimum absolute atomic E-state index is 0.0209. The average molecular weight is 602 g/mol. The van der Waals surface area contributed by atoms with Crippen molar-refractivity contribution in [2.75, 3.05) is 52.3 Å². The Morgan fingerprint density at radius 1 is 1.17 bits per heavy atom. The number of nitrogens with zero attached hydrogens (tertiary/aromatic N) is 5. The molecule has 0 saturated carbocycles. The maximum absolute atomic E-state index is 13.8. The van der Waals surface area contributed by atoms with Gasteiger partial charge in [0.15, 0.2) is 5.65 Å². The van der Waals surface area contributed by atoms with Gasteiger partial charge in [-0.05, 0) is 80.9 Å². The first-order chi connectivity index (χ1) is 20.0. The highest BCUT2D eigenvalue weighted by Gasteiger charge is 2.41. The number of pyridine rings is 1.